The lowest BCUT2D eigenvalue weighted by molar-refractivity contribution is 0.151. The summed E-state index contributed by atoms with van der Waals surface area (Å²) in [6.07, 6.45) is -1.50. The minimum atomic E-state index is -2.46. The van der Waals surface area contributed by atoms with E-state index in [1.165, 1.54) is 24.3 Å². The molecule has 1 aromatic carbocycles. The van der Waals surface area contributed by atoms with Crippen LogP contribution in [-0.4, -0.2) is 5.11 Å². The number of aliphatic hydroxyl groups is 1. The Morgan fingerprint density at radius 2 is 1.60 bits per heavy atom. The van der Waals surface area contributed by atoms with Crippen LogP contribution in [0.4, 0.5) is 8.78 Å². The molecule has 0 saturated carbocycles. The maximum atomic E-state index is 12.2. The van der Waals surface area contributed by atoms with Crippen LogP contribution in [-0.2, 0) is 0 Å². The van der Waals surface area contributed by atoms with Crippen molar-refractivity contribution in [1.82, 2.24) is 0 Å². The molecule has 0 aliphatic heterocycles. The first-order valence-corrected chi connectivity index (χ1v) is 4.72. The van der Waals surface area contributed by atoms with Gasteiger partial charge in [0.15, 0.2) is 0 Å². The van der Waals surface area contributed by atoms with Crippen LogP contribution < -0.4 is 0 Å². The first kappa shape index (κ1) is 11.9. The number of hydrogen-bond acceptors (Lipinski definition) is 1. The molecule has 0 aromatic heterocycles. The molecule has 0 spiro atoms. The zero-order valence-corrected chi connectivity index (χ0v) is 8.74. The van der Waals surface area contributed by atoms with Gasteiger partial charge in [0, 0.05) is 5.56 Å². The molecular weight excluding hydrogens is 198 g/mol. The summed E-state index contributed by atoms with van der Waals surface area (Å²) in [5, 5.41) is 9.66. The Labute approximate surface area is 88.1 Å². The van der Waals surface area contributed by atoms with Crippen LogP contribution >= 0.6 is 0 Å². The SMILES string of the molecule is CC(C)=CC(O)c1ccc(C(F)F)cc1. The van der Waals surface area contributed by atoms with Gasteiger partial charge < -0.3 is 5.11 Å². The second-order valence-corrected chi connectivity index (χ2v) is 3.66. The maximum Gasteiger partial charge on any atom is 0.263 e. The Morgan fingerprint density at radius 1 is 1.13 bits per heavy atom. The van der Waals surface area contributed by atoms with Crippen molar-refractivity contribution in [3.63, 3.8) is 0 Å². The zero-order chi connectivity index (χ0) is 11.4. The molecule has 0 aliphatic carbocycles. The molecule has 0 radical (unpaired) electrons. The van der Waals surface area contributed by atoms with Gasteiger partial charge in [-0.2, -0.15) is 0 Å². The molecule has 0 heterocycles. The number of allylic oxidation sites excluding steroid dienone is 1. The lowest BCUT2D eigenvalue weighted by Gasteiger charge is -2.07. The number of halogens is 2. The molecule has 82 valence electrons. The molecule has 1 nitrogen and oxygen atoms in total. The molecule has 0 amide bonds. The smallest absolute Gasteiger partial charge is 0.263 e. The van der Waals surface area contributed by atoms with Crippen LogP contribution in [0.25, 0.3) is 0 Å². The van der Waals surface area contributed by atoms with Crippen molar-refractivity contribution >= 4 is 0 Å². The molecule has 1 N–H and O–H groups in total. The first-order chi connectivity index (χ1) is 7.00. The Hall–Kier alpha value is -1.22. The second kappa shape index (κ2) is 5.03. The van der Waals surface area contributed by atoms with Crippen molar-refractivity contribution in [3.05, 3.63) is 47.0 Å². The topological polar surface area (TPSA) is 20.2 Å². The fourth-order valence-corrected chi connectivity index (χ4v) is 1.25. The van der Waals surface area contributed by atoms with Gasteiger partial charge in [-0.15, -0.1) is 0 Å². The molecule has 3 heteroatoms. The molecule has 1 unspecified atom stereocenters. The zero-order valence-electron chi connectivity index (χ0n) is 8.74. The highest BCUT2D eigenvalue weighted by molar-refractivity contribution is 5.27. The van der Waals surface area contributed by atoms with Gasteiger partial charge in [0.25, 0.3) is 6.43 Å². The van der Waals surface area contributed by atoms with Gasteiger partial charge in [-0.25, -0.2) is 8.78 Å². The van der Waals surface area contributed by atoms with Crippen LogP contribution in [0.5, 0.6) is 0 Å². The Balaban J connectivity index is 2.84. The van der Waals surface area contributed by atoms with E-state index in [1.807, 2.05) is 13.8 Å². The monoisotopic (exact) mass is 212 g/mol. The largest absolute Gasteiger partial charge is 0.384 e. The summed E-state index contributed by atoms with van der Waals surface area (Å²) in [4.78, 5) is 0. The van der Waals surface area contributed by atoms with Gasteiger partial charge in [-0.3, -0.25) is 0 Å². The van der Waals surface area contributed by atoms with Crippen molar-refractivity contribution in [2.24, 2.45) is 0 Å². The summed E-state index contributed by atoms with van der Waals surface area (Å²) < 4.78 is 24.5. The molecule has 1 atom stereocenters. The number of hydrogen-bond donors (Lipinski definition) is 1. The molecule has 0 bridgehead atoms. The maximum absolute atomic E-state index is 12.2. The summed E-state index contributed by atoms with van der Waals surface area (Å²) in [5.74, 6) is 0. The standard InChI is InChI=1S/C12H14F2O/c1-8(2)7-11(15)9-3-5-10(6-4-9)12(13)14/h3-7,11-12,15H,1-2H3. The molecular formula is C12H14F2O. The van der Waals surface area contributed by atoms with E-state index in [1.54, 1.807) is 6.08 Å². The van der Waals surface area contributed by atoms with Crippen LogP contribution in [0, 0.1) is 0 Å². The predicted octanol–water partition coefficient (Wildman–Crippen LogP) is 3.62. The fraction of sp³-hybridized carbons (Fsp3) is 0.333. The third-order valence-corrected chi connectivity index (χ3v) is 2.02. The van der Waals surface area contributed by atoms with Crippen molar-refractivity contribution in [3.8, 4) is 0 Å². The predicted molar refractivity (Wildman–Crippen MR) is 55.8 cm³/mol. The van der Waals surface area contributed by atoms with E-state index in [0.29, 0.717) is 5.56 Å². The van der Waals surface area contributed by atoms with Crippen LogP contribution in [0.15, 0.2) is 35.9 Å². The average Bonchev–Trinajstić information content (AvgIpc) is 2.17. The summed E-state index contributed by atoms with van der Waals surface area (Å²) in [5.41, 5.74) is 1.59. The Bertz CT molecular complexity index is 337. The van der Waals surface area contributed by atoms with E-state index in [4.69, 9.17) is 0 Å². The van der Waals surface area contributed by atoms with E-state index in [9.17, 15) is 13.9 Å². The second-order valence-electron chi connectivity index (χ2n) is 3.66. The van der Waals surface area contributed by atoms with Gasteiger partial charge in [0.2, 0.25) is 0 Å². The highest BCUT2D eigenvalue weighted by atomic mass is 19.3. The van der Waals surface area contributed by atoms with Gasteiger partial charge in [-0.05, 0) is 19.4 Å². The molecule has 15 heavy (non-hydrogen) atoms. The Kier molecular flexibility index (Phi) is 3.97. The Morgan fingerprint density at radius 3 is 2.00 bits per heavy atom. The normalized spacial score (nSPS) is 12.7. The summed E-state index contributed by atoms with van der Waals surface area (Å²) in [7, 11) is 0. The van der Waals surface area contributed by atoms with E-state index < -0.39 is 12.5 Å². The highest BCUT2D eigenvalue weighted by Gasteiger charge is 2.08. The number of aliphatic hydroxyl groups excluding tert-OH is 1. The fourth-order valence-electron chi connectivity index (χ4n) is 1.25. The lowest BCUT2D eigenvalue weighted by Crippen LogP contribution is -1.94. The van der Waals surface area contributed by atoms with Crippen molar-refractivity contribution in [1.29, 1.82) is 0 Å². The van der Waals surface area contributed by atoms with E-state index in [2.05, 4.69) is 0 Å². The first-order valence-electron chi connectivity index (χ1n) is 4.72. The third kappa shape index (κ3) is 3.44. The number of alkyl halides is 2. The molecule has 0 aliphatic rings. The lowest BCUT2D eigenvalue weighted by atomic mass is 10.1. The quantitative estimate of drug-likeness (QED) is 0.758. The summed E-state index contributed by atoms with van der Waals surface area (Å²) in [6.45, 7) is 3.74. The van der Waals surface area contributed by atoms with Gasteiger partial charge in [0.05, 0.1) is 6.10 Å². The van der Waals surface area contributed by atoms with E-state index in [0.717, 1.165) is 5.57 Å². The van der Waals surface area contributed by atoms with Crippen LogP contribution in [0.2, 0.25) is 0 Å². The highest BCUT2D eigenvalue weighted by Crippen LogP contribution is 2.22. The molecule has 0 fully saturated rings. The van der Waals surface area contributed by atoms with Gasteiger partial charge >= 0.3 is 0 Å². The average molecular weight is 212 g/mol. The number of rotatable bonds is 3. The van der Waals surface area contributed by atoms with Crippen molar-refractivity contribution in [2.45, 2.75) is 26.4 Å². The van der Waals surface area contributed by atoms with Gasteiger partial charge in [0.1, 0.15) is 0 Å². The number of benzene rings is 1. The van der Waals surface area contributed by atoms with Crippen molar-refractivity contribution in [2.75, 3.05) is 0 Å². The molecule has 1 aromatic rings. The minimum absolute atomic E-state index is 0.0249. The van der Waals surface area contributed by atoms with Crippen molar-refractivity contribution < 1.29 is 13.9 Å². The minimum Gasteiger partial charge on any atom is -0.384 e. The third-order valence-electron chi connectivity index (χ3n) is 2.02. The molecule has 1 rings (SSSR count). The van der Waals surface area contributed by atoms with E-state index >= 15 is 0 Å². The van der Waals surface area contributed by atoms with E-state index in [-0.39, 0.29) is 5.56 Å². The van der Waals surface area contributed by atoms with Crippen LogP contribution in [0.1, 0.15) is 37.5 Å². The molecule has 0 saturated heterocycles. The summed E-state index contributed by atoms with van der Waals surface area (Å²) in [6, 6.07) is 5.71. The van der Waals surface area contributed by atoms with Gasteiger partial charge in [-0.1, -0.05) is 35.9 Å². The van der Waals surface area contributed by atoms with Crippen LogP contribution in [0.3, 0.4) is 0 Å². The summed E-state index contributed by atoms with van der Waals surface area (Å²) >= 11 is 0.